The summed E-state index contributed by atoms with van der Waals surface area (Å²) >= 11 is 0. The first-order chi connectivity index (χ1) is 13.0. The maximum absolute atomic E-state index is 11.0. The number of carboxylic acids is 1. The normalized spacial score (nSPS) is 9.89. The quantitative estimate of drug-likeness (QED) is 0.645. The van der Waals surface area contributed by atoms with Gasteiger partial charge in [-0.05, 0) is 41.0 Å². The molecule has 0 fully saturated rings. The molecule has 1 N–H and O–H groups in total. The number of benzene rings is 2. The molecule has 0 heterocycles. The van der Waals surface area contributed by atoms with Gasteiger partial charge in [0.25, 0.3) is 0 Å². The van der Waals surface area contributed by atoms with Gasteiger partial charge in [-0.15, -0.1) is 0 Å². The second kappa shape index (κ2) is 13.7. The van der Waals surface area contributed by atoms with Gasteiger partial charge in [-0.1, -0.05) is 90.1 Å². The van der Waals surface area contributed by atoms with Crippen LogP contribution in [0.5, 0.6) is 0 Å². The molecule has 0 aliphatic carbocycles. The average Bonchev–Trinajstić information content (AvgIpc) is 2.54. The summed E-state index contributed by atoms with van der Waals surface area (Å²) in [6, 6.07) is 15.3. The Morgan fingerprint density at radius 1 is 0.679 bits per heavy atom. The zero-order chi connectivity index (χ0) is 21.7. The van der Waals surface area contributed by atoms with Crippen molar-refractivity contribution < 1.29 is 14.7 Å². The fraction of sp³-hybridized carbons (Fsp3) is 0.440. The summed E-state index contributed by atoms with van der Waals surface area (Å²) in [6.07, 6.45) is 0.496. The molecule has 28 heavy (non-hydrogen) atoms. The van der Waals surface area contributed by atoms with E-state index in [-0.39, 0.29) is 12.2 Å². The molecule has 0 bridgehead atoms. The fourth-order valence-electron chi connectivity index (χ4n) is 2.09. The Morgan fingerprint density at radius 3 is 1.21 bits per heavy atom. The second-order valence-electron chi connectivity index (χ2n) is 8.31. The predicted molar refractivity (Wildman–Crippen MR) is 119 cm³/mol. The van der Waals surface area contributed by atoms with Crippen molar-refractivity contribution in [3.8, 4) is 11.1 Å². The van der Waals surface area contributed by atoms with Gasteiger partial charge in [0.05, 0.1) is 6.42 Å². The Morgan fingerprint density at radius 2 is 0.964 bits per heavy atom. The van der Waals surface area contributed by atoms with E-state index in [0.717, 1.165) is 34.1 Å². The van der Waals surface area contributed by atoms with Gasteiger partial charge >= 0.3 is 5.97 Å². The lowest BCUT2D eigenvalue weighted by Gasteiger charge is -2.05. The molecule has 0 saturated carbocycles. The molecular formula is C25H36O3. The van der Waals surface area contributed by atoms with Gasteiger partial charge in [-0.3, -0.25) is 9.59 Å². The van der Waals surface area contributed by atoms with Gasteiger partial charge in [0, 0.05) is 6.42 Å². The number of hydrogen-bond donors (Lipinski definition) is 1. The summed E-state index contributed by atoms with van der Waals surface area (Å²) in [6.45, 7) is 14.6. The third-order valence-electron chi connectivity index (χ3n) is 3.05. The molecule has 2 rings (SSSR count). The molecule has 3 heteroatoms. The summed E-state index contributed by atoms with van der Waals surface area (Å²) in [5, 5.41) is 8.73. The van der Waals surface area contributed by atoms with Crippen LogP contribution < -0.4 is 0 Å². The molecule has 0 aromatic heterocycles. The highest BCUT2D eigenvalue weighted by Crippen LogP contribution is 2.20. The lowest BCUT2D eigenvalue weighted by atomic mass is 10.0. The number of aliphatic carboxylic acids is 1. The minimum atomic E-state index is -0.827. The smallest absolute Gasteiger partial charge is 0.307 e. The van der Waals surface area contributed by atoms with Crippen LogP contribution in [-0.2, 0) is 22.4 Å². The van der Waals surface area contributed by atoms with Crippen molar-refractivity contribution in [2.75, 3.05) is 0 Å². The maximum atomic E-state index is 11.0. The Kier molecular flexibility index (Phi) is 12.5. The number of carboxylic acid groups (broad SMARTS) is 1. The van der Waals surface area contributed by atoms with E-state index in [4.69, 9.17) is 5.11 Å². The summed E-state index contributed by atoms with van der Waals surface area (Å²) in [4.78, 5) is 21.7. The highest BCUT2D eigenvalue weighted by Gasteiger charge is 2.03. The Balaban J connectivity index is 0.000000776. The Hall–Kier alpha value is -2.42. The number of hydrogen-bond acceptors (Lipinski definition) is 2. The van der Waals surface area contributed by atoms with Crippen molar-refractivity contribution in [2.24, 2.45) is 11.8 Å². The zero-order valence-corrected chi connectivity index (χ0v) is 18.5. The van der Waals surface area contributed by atoms with Crippen molar-refractivity contribution in [3.63, 3.8) is 0 Å². The van der Waals surface area contributed by atoms with Gasteiger partial charge in [0.15, 0.2) is 0 Å². The largest absolute Gasteiger partial charge is 0.481 e. The number of rotatable bonds is 5. The van der Waals surface area contributed by atoms with Gasteiger partial charge in [0.1, 0.15) is 5.78 Å². The lowest BCUT2D eigenvalue weighted by Crippen LogP contribution is -1.99. The SMILES string of the molecule is CC(=O)Cc1ccc(-c2ccc(CC(=O)O)cc2)cc1.CC(C)C.CC(C)C. The lowest BCUT2D eigenvalue weighted by molar-refractivity contribution is -0.136. The number of carbonyl (C=O) groups is 2. The molecular weight excluding hydrogens is 348 g/mol. The third-order valence-corrected chi connectivity index (χ3v) is 3.05. The molecule has 2 aromatic carbocycles. The molecule has 0 radical (unpaired) electrons. The van der Waals surface area contributed by atoms with Crippen LogP contribution in [0.1, 0.15) is 59.6 Å². The van der Waals surface area contributed by atoms with Crippen LogP contribution in [0, 0.1) is 11.8 Å². The monoisotopic (exact) mass is 384 g/mol. The van der Waals surface area contributed by atoms with Gasteiger partial charge < -0.3 is 5.11 Å². The average molecular weight is 385 g/mol. The van der Waals surface area contributed by atoms with Gasteiger partial charge in [-0.2, -0.15) is 0 Å². The topological polar surface area (TPSA) is 54.4 Å². The van der Waals surface area contributed by atoms with Crippen LogP contribution in [0.25, 0.3) is 11.1 Å². The minimum Gasteiger partial charge on any atom is -0.481 e. The number of ketones is 1. The minimum absolute atomic E-state index is 0.0395. The highest BCUT2D eigenvalue weighted by atomic mass is 16.4. The van der Waals surface area contributed by atoms with E-state index in [9.17, 15) is 9.59 Å². The van der Waals surface area contributed by atoms with E-state index < -0.39 is 5.97 Å². The predicted octanol–water partition coefficient (Wildman–Crippen LogP) is 6.44. The van der Waals surface area contributed by atoms with Crippen molar-refractivity contribution in [1.29, 1.82) is 0 Å². The third kappa shape index (κ3) is 13.7. The van der Waals surface area contributed by atoms with Crippen molar-refractivity contribution in [1.82, 2.24) is 0 Å². The van der Waals surface area contributed by atoms with Crippen LogP contribution in [0.2, 0.25) is 0 Å². The van der Waals surface area contributed by atoms with Gasteiger partial charge in [0.2, 0.25) is 0 Å². The zero-order valence-electron chi connectivity index (χ0n) is 18.5. The van der Waals surface area contributed by atoms with E-state index >= 15 is 0 Å². The first-order valence-electron chi connectivity index (χ1n) is 9.90. The molecule has 0 saturated heterocycles. The van der Waals surface area contributed by atoms with Crippen LogP contribution in [0.4, 0.5) is 0 Å². The number of carbonyl (C=O) groups excluding carboxylic acids is 1. The van der Waals surface area contributed by atoms with Crippen molar-refractivity contribution in [3.05, 3.63) is 59.7 Å². The molecule has 0 unspecified atom stereocenters. The molecule has 0 spiro atoms. The standard InChI is InChI=1S/C17H16O3.2C4H10/c1-12(18)10-13-2-6-15(7-3-13)16-8-4-14(5-9-16)11-17(19)20;2*1-4(2)3/h2-9H,10-11H2,1H3,(H,19,20);2*4H,1-3H3. The van der Waals surface area contributed by atoms with Crippen LogP contribution in [0.3, 0.4) is 0 Å². The summed E-state index contributed by atoms with van der Waals surface area (Å²) in [7, 11) is 0. The molecule has 154 valence electrons. The van der Waals surface area contributed by atoms with E-state index in [1.54, 1.807) is 6.92 Å². The van der Waals surface area contributed by atoms with Crippen LogP contribution in [0.15, 0.2) is 48.5 Å². The molecule has 3 nitrogen and oxygen atoms in total. The maximum Gasteiger partial charge on any atom is 0.307 e. The van der Waals surface area contributed by atoms with E-state index in [1.165, 1.54) is 0 Å². The molecule has 0 atom stereocenters. The van der Waals surface area contributed by atoms with Crippen molar-refractivity contribution in [2.45, 2.75) is 61.3 Å². The number of Topliss-reactive ketones (excluding diaryl/α,β-unsaturated/α-hetero) is 1. The van der Waals surface area contributed by atoms with Gasteiger partial charge in [-0.25, -0.2) is 0 Å². The van der Waals surface area contributed by atoms with E-state index in [2.05, 4.69) is 41.5 Å². The van der Waals surface area contributed by atoms with E-state index in [1.807, 2.05) is 48.5 Å². The van der Waals surface area contributed by atoms with Crippen molar-refractivity contribution >= 4 is 11.8 Å². The Bertz CT molecular complexity index is 627. The van der Waals surface area contributed by atoms with E-state index in [0.29, 0.717) is 6.42 Å². The molecule has 0 amide bonds. The Labute approximate surface area is 170 Å². The first kappa shape index (κ1) is 25.6. The van der Waals surface area contributed by atoms with Crippen LogP contribution >= 0.6 is 0 Å². The summed E-state index contributed by atoms with van der Waals surface area (Å²) in [5.41, 5.74) is 3.88. The summed E-state index contributed by atoms with van der Waals surface area (Å²) in [5.74, 6) is 0.988. The fourth-order valence-corrected chi connectivity index (χ4v) is 2.09. The first-order valence-corrected chi connectivity index (χ1v) is 9.90. The highest BCUT2D eigenvalue weighted by molar-refractivity contribution is 5.78. The molecule has 0 aliphatic rings. The summed E-state index contributed by atoms with van der Waals surface area (Å²) < 4.78 is 0. The second-order valence-corrected chi connectivity index (χ2v) is 8.31. The molecule has 0 aliphatic heterocycles. The van der Waals surface area contributed by atoms with Crippen LogP contribution in [-0.4, -0.2) is 16.9 Å². The molecule has 2 aromatic rings.